The first-order valence-corrected chi connectivity index (χ1v) is 5.99. The number of ether oxygens (including phenoxy) is 1. The molecule has 1 rings (SSSR count). The summed E-state index contributed by atoms with van der Waals surface area (Å²) in [6, 6.07) is 5.85. The molecule has 4 heteroatoms. The Morgan fingerprint density at radius 2 is 2.21 bits per heavy atom. The zero-order valence-corrected chi connectivity index (χ0v) is 10.9. The summed E-state index contributed by atoms with van der Waals surface area (Å²) in [7, 11) is 1.39. The van der Waals surface area contributed by atoms with Gasteiger partial charge in [-0.2, -0.15) is 0 Å². The molecule has 0 amide bonds. The molecule has 0 aliphatic rings. The molecule has 0 aliphatic heterocycles. The lowest BCUT2D eigenvalue weighted by Gasteiger charge is -2.04. The fourth-order valence-electron chi connectivity index (χ4n) is 1.05. The summed E-state index contributed by atoms with van der Waals surface area (Å²) in [4.78, 5) is 11.0. The normalized spacial score (nSPS) is 9.93. The Morgan fingerprint density at radius 1 is 1.50 bits per heavy atom. The van der Waals surface area contributed by atoms with Crippen molar-refractivity contribution in [3.63, 3.8) is 0 Å². The lowest BCUT2D eigenvalue weighted by atomic mass is 10.1. The summed E-state index contributed by atoms with van der Waals surface area (Å²) >= 11 is 6.81. The zero-order chi connectivity index (χ0) is 10.6. The van der Waals surface area contributed by atoms with Gasteiger partial charge in [0, 0.05) is 9.80 Å². The smallest absolute Gasteiger partial charge is 0.309 e. The van der Waals surface area contributed by atoms with Gasteiger partial charge in [-0.05, 0) is 17.2 Å². The number of methoxy groups -OCH3 is 1. The molecule has 0 bridgehead atoms. The third kappa shape index (κ3) is 3.10. The monoisotopic (exact) mass is 320 g/mol. The second-order valence-corrected chi connectivity index (χ2v) is 4.23. The Hall–Kier alpha value is -0.350. The van der Waals surface area contributed by atoms with Crippen molar-refractivity contribution in [3.8, 4) is 0 Å². The quantitative estimate of drug-likeness (QED) is 0.632. The Morgan fingerprint density at radius 3 is 2.71 bits per heavy atom. The van der Waals surface area contributed by atoms with Crippen LogP contribution in [0.5, 0.6) is 0 Å². The third-order valence-electron chi connectivity index (χ3n) is 1.84. The Labute approximate surface area is 99.9 Å². The molecule has 0 saturated heterocycles. The highest BCUT2D eigenvalue weighted by atomic mass is 79.9. The fourth-order valence-corrected chi connectivity index (χ4v) is 2.48. The summed E-state index contributed by atoms with van der Waals surface area (Å²) in [5, 5.41) is 0.798. The van der Waals surface area contributed by atoms with Crippen LogP contribution in [0.3, 0.4) is 0 Å². The maximum atomic E-state index is 11.0. The minimum Gasteiger partial charge on any atom is -0.469 e. The first kappa shape index (κ1) is 11.7. The van der Waals surface area contributed by atoms with Crippen LogP contribution in [0.1, 0.15) is 11.1 Å². The van der Waals surface area contributed by atoms with E-state index in [0.29, 0.717) is 6.42 Å². The molecule has 0 heterocycles. The van der Waals surface area contributed by atoms with Gasteiger partial charge in [0.15, 0.2) is 0 Å². The SMILES string of the molecule is COC(=O)Cc1ccc(CBr)c(Br)c1. The second kappa shape index (κ2) is 5.51. The van der Waals surface area contributed by atoms with Crippen LogP contribution in [-0.2, 0) is 21.3 Å². The minimum atomic E-state index is -0.219. The third-order valence-corrected chi connectivity index (χ3v) is 3.18. The van der Waals surface area contributed by atoms with E-state index in [2.05, 4.69) is 36.6 Å². The highest BCUT2D eigenvalue weighted by Gasteiger charge is 2.05. The summed E-state index contributed by atoms with van der Waals surface area (Å²) in [5.74, 6) is -0.219. The van der Waals surface area contributed by atoms with Gasteiger partial charge in [0.05, 0.1) is 13.5 Å². The van der Waals surface area contributed by atoms with Crippen LogP contribution in [0.15, 0.2) is 22.7 Å². The number of alkyl halides is 1. The number of carbonyl (C=O) groups is 1. The van der Waals surface area contributed by atoms with Gasteiger partial charge in [-0.3, -0.25) is 4.79 Å². The lowest BCUT2D eigenvalue weighted by Crippen LogP contribution is -2.04. The molecule has 14 heavy (non-hydrogen) atoms. The molecule has 0 unspecified atom stereocenters. The lowest BCUT2D eigenvalue weighted by molar-refractivity contribution is -0.139. The van der Waals surface area contributed by atoms with Crippen molar-refractivity contribution in [1.29, 1.82) is 0 Å². The van der Waals surface area contributed by atoms with Gasteiger partial charge in [0.1, 0.15) is 0 Å². The van der Waals surface area contributed by atoms with Gasteiger partial charge in [0.25, 0.3) is 0 Å². The van der Waals surface area contributed by atoms with E-state index < -0.39 is 0 Å². The molecule has 1 aromatic rings. The molecule has 76 valence electrons. The molecule has 1 aromatic carbocycles. The van der Waals surface area contributed by atoms with Crippen LogP contribution >= 0.6 is 31.9 Å². The summed E-state index contributed by atoms with van der Waals surface area (Å²) in [6.45, 7) is 0. The standard InChI is InChI=1S/C10H10Br2O2/c1-14-10(13)5-7-2-3-8(6-11)9(12)4-7/h2-4H,5-6H2,1H3. The molecule has 2 nitrogen and oxygen atoms in total. The molecular formula is C10H10Br2O2. The number of halogens is 2. The van der Waals surface area contributed by atoms with Gasteiger partial charge in [-0.25, -0.2) is 0 Å². The maximum absolute atomic E-state index is 11.0. The number of carbonyl (C=O) groups excluding carboxylic acids is 1. The van der Waals surface area contributed by atoms with Crippen molar-refractivity contribution in [1.82, 2.24) is 0 Å². The zero-order valence-electron chi connectivity index (χ0n) is 7.72. The van der Waals surface area contributed by atoms with Gasteiger partial charge in [0.2, 0.25) is 0 Å². The van der Waals surface area contributed by atoms with E-state index in [1.165, 1.54) is 12.7 Å². The summed E-state index contributed by atoms with van der Waals surface area (Å²) in [6.07, 6.45) is 0.317. The number of hydrogen-bond donors (Lipinski definition) is 0. The Bertz CT molecular complexity index is 337. The first-order valence-electron chi connectivity index (χ1n) is 4.07. The average molecular weight is 322 g/mol. The molecule has 0 atom stereocenters. The van der Waals surface area contributed by atoms with E-state index in [-0.39, 0.29) is 5.97 Å². The Kier molecular flexibility index (Phi) is 4.62. The fraction of sp³-hybridized carbons (Fsp3) is 0.300. The maximum Gasteiger partial charge on any atom is 0.309 e. The number of esters is 1. The predicted molar refractivity (Wildman–Crippen MR) is 62.5 cm³/mol. The van der Waals surface area contributed by atoms with Gasteiger partial charge < -0.3 is 4.74 Å². The van der Waals surface area contributed by atoms with E-state index in [9.17, 15) is 4.79 Å². The topological polar surface area (TPSA) is 26.3 Å². The van der Waals surface area contributed by atoms with Crippen molar-refractivity contribution < 1.29 is 9.53 Å². The van der Waals surface area contributed by atoms with Gasteiger partial charge >= 0.3 is 5.97 Å². The van der Waals surface area contributed by atoms with Crippen LogP contribution in [0.25, 0.3) is 0 Å². The minimum absolute atomic E-state index is 0.219. The number of hydrogen-bond acceptors (Lipinski definition) is 2. The van der Waals surface area contributed by atoms with Crippen LogP contribution in [0.4, 0.5) is 0 Å². The molecular weight excluding hydrogens is 312 g/mol. The highest BCUT2D eigenvalue weighted by Crippen LogP contribution is 2.21. The van der Waals surface area contributed by atoms with E-state index in [1.54, 1.807) is 0 Å². The molecule has 0 aliphatic carbocycles. The molecule has 0 saturated carbocycles. The Balaban J connectivity index is 2.81. The van der Waals surface area contributed by atoms with Crippen molar-refractivity contribution in [2.75, 3.05) is 7.11 Å². The van der Waals surface area contributed by atoms with Gasteiger partial charge in [-0.15, -0.1) is 0 Å². The van der Waals surface area contributed by atoms with Crippen molar-refractivity contribution >= 4 is 37.8 Å². The molecule has 0 radical (unpaired) electrons. The van der Waals surface area contributed by atoms with Crippen LogP contribution in [-0.4, -0.2) is 13.1 Å². The van der Waals surface area contributed by atoms with Crippen molar-refractivity contribution in [2.45, 2.75) is 11.8 Å². The molecule has 0 N–H and O–H groups in total. The molecule has 0 aromatic heterocycles. The van der Waals surface area contributed by atoms with Crippen molar-refractivity contribution in [2.24, 2.45) is 0 Å². The summed E-state index contributed by atoms with van der Waals surface area (Å²) in [5.41, 5.74) is 2.12. The van der Waals surface area contributed by atoms with Crippen LogP contribution in [0.2, 0.25) is 0 Å². The second-order valence-electron chi connectivity index (χ2n) is 2.81. The van der Waals surface area contributed by atoms with E-state index >= 15 is 0 Å². The van der Waals surface area contributed by atoms with E-state index in [0.717, 1.165) is 15.4 Å². The summed E-state index contributed by atoms with van der Waals surface area (Å²) < 4.78 is 5.60. The average Bonchev–Trinajstić information content (AvgIpc) is 2.18. The predicted octanol–water partition coefficient (Wildman–Crippen LogP) is 3.06. The molecule has 0 fully saturated rings. The van der Waals surface area contributed by atoms with Crippen LogP contribution < -0.4 is 0 Å². The molecule has 0 spiro atoms. The highest BCUT2D eigenvalue weighted by molar-refractivity contribution is 9.10. The van der Waals surface area contributed by atoms with Crippen molar-refractivity contribution in [3.05, 3.63) is 33.8 Å². The van der Waals surface area contributed by atoms with Gasteiger partial charge in [-0.1, -0.05) is 44.0 Å². The van der Waals surface area contributed by atoms with E-state index in [4.69, 9.17) is 0 Å². The van der Waals surface area contributed by atoms with Crippen LogP contribution in [0, 0.1) is 0 Å². The number of benzene rings is 1. The largest absolute Gasteiger partial charge is 0.469 e. The van der Waals surface area contributed by atoms with E-state index in [1.807, 2.05) is 18.2 Å². The first-order chi connectivity index (χ1) is 6.67. The number of rotatable bonds is 3.